The summed E-state index contributed by atoms with van der Waals surface area (Å²) in [6, 6.07) is 9.03. The maximum absolute atomic E-state index is 12.6. The third kappa shape index (κ3) is 4.20. The fourth-order valence-electron chi connectivity index (χ4n) is 2.92. The second-order valence-electron chi connectivity index (χ2n) is 5.76. The van der Waals surface area contributed by atoms with Gasteiger partial charge in [-0.2, -0.15) is 0 Å². The van der Waals surface area contributed by atoms with Gasteiger partial charge in [-0.3, -0.25) is 9.59 Å². The molecule has 0 unspecified atom stereocenters. The molecular weight excluding hydrogens is 290 g/mol. The second-order valence-corrected chi connectivity index (χ2v) is 5.76. The number of amides is 2. The van der Waals surface area contributed by atoms with Crippen LogP contribution in [0, 0.1) is 0 Å². The van der Waals surface area contributed by atoms with Gasteiger partial charge in [0.25, 0.3) is 0 Å². The van der Waals surface area contributed by atoms with Gasteiger partial charge in [-0.1, -0.05) is 30.3 Å². The van der Waals surface area contributed by atoms with Gasteiger partial charge in [-0.15, -0.1) is 0 Å². The van der Waals surface area contributed by atoms with Crippen molar-refractivity contribution in [2.45, 2.75) is 32.4 Å². The Morgan fingerprint density at radius 2 is 1.91 bits per heavy atom. The lowest BCUT2D eigenvalue weighted by Crippen LogP contribution is -2.47. The van der Waals surface area contributed by atoms with Crippen LogP contribution in [0.4, 0.5) is 0 Å². The zero-order valence-electron chi connectivity index (χ0n) is 13.8. The predicted molar refractivity (Wildman–Crippen MR) is 91.5 cm³/mol. The fraction of sp³-hybridized carbons (Fsp3) is 0.444. The monoisotopic (exact) mass is 315 g/mol. The van der Waals surface area contributed by atoms with Crippen LogP contribution >= 0.6 is 0 Å². The summed E-state index contributed by atoms with van der Waals surface area (Å²) in [6.07, 6.45) is 3.82. The van der Waals surface area contributed by atoms with Crippen LogP contribution in [0.2, 0.25) is 0 Å². The van der Waals surface area contributed by atoms with Crippen LogP contribution in [0.15, 0.2) is 36.4 Å². The van der Waals surface area contributed by atoms with E-state index in [9.17, 15) is 9.59 Å². The fourth-order valence-corrected chi connectivity index (χ4v) is 2.92. The minimum absolute atomic E-state index is 0.00980. The summed E-state index contributed by atoms with van der Waals surface area (Å²) in [5.74, 6) is -0.170. The Morgan fingerprint density at radius 3 is 2.52 bits per heavy atom. The van der Waals surface area contributed by atoms with Gasteiger partial charge in [0.1, 0.15) is 6.04 Å². The first-order chi connectivity index (χ1) is 11.1. The van der Waals surface area contributed by atoms with Gasteiger partial charge in [0, 0.05) is 31.8 Å². The van der Waals surface area contributed by atoms with Crippen molar-refractivity contribution in [1.82, 2.24) is 9.80 Å². The number of nitrogens with zero attached hydrogens (tertiary/aromatic N) is 2. The van der Waals surface area contributed by atoms with E-state index in [4.69, 9.17) is 5.73 Å². The summed E-state index contributed by atoms with van der Waals surface area (Å²) < 4.78 is 0. The highest BCUT2D eigenvalue weighted by molar-refractivity contribution is 5.96. The summed E-state index contributed by atoms with van der Waals surface area (Å²) >= 11 is 0. The van der Waals surface area contributed by atoms with E-state index < -0.39 is 6.04 Å². The normalized spacial score (nSPS) is 20.9. The molecule has 124 valence electrons. The van der Waals surface area contributed by atoms with E-state index in [0.29, 0.717) is 26.1 Å². The summed E-state index contributed by atoms with van der Waals surface area (Å²) in [7, 11) is 0. The SMILES string of the molecule is CCN(CC)C(=O)[C@@H]1C[C@H](N)CN1C(=O)C=Cc1ccccc1. The lowest BCUT2D eigenvalue weighted by Gasteiger charge is -2.28. The number of carbonyl (C=O) groups is 2. The standard InChI is InChI=1S/C18H25N3O2/c1-3-20(4-2)18(23)16-12-15(19)13-21(16)17(22)11-10-14-8-6-5-7-9-14/h5-11,15-16H,3-4,12-13,19H2,1-2H3/t15-,16-/m0/s1. The Hall–Kier alpha value is -2.14. The van der Waals surface area contributed by atoms with Crippen molar-refractivity contribution < 1.29 is 9.59 Å². The molecule has 0 aromatic heterocycles. The van der Waals surface area contributed by atoms with E-state index >= 15 is 0 Å². The van der Waals surface area contributed by atoms with E-state index in [1.165, 1.54) is 6.08 Å². The molecule has 1 saturated heterocycles. The molecule has 2 atom stereocenters. The molecule has 2 N–H and O–H groups in total. The van der Waals surface area contributed by atoms with Crippen molar-refractivity contribution in [3.05, 3.63) is 42.0 Å². The molecule has 1 aromatic rings. The van der Waals surface area contributed by atoms with Gasteiger partial charge in [0.15, 0.2) is 0 Å². The van der Waals surface area contributed by atoms with Crippen LogP contribution in [0.1, 0.15) is 25.8 Å². The Balaban J connectivity index is 2.11. The molecule has 0 aliphatic carbocycles. The van der Waals surface area contributed by atoms with E-state index in [0.717, 1.165) is 5.56 Å². The minimum Gasteiger partial charge on any atom is -0.341 e. The molecule has 1 aliphatic heterocycles. The molecule has 5 heteroatoms. The highest BCUT2D eigenvalue weighted by Crippen LogP contribution is 2.20. The van der Waals surface area contributed by atoms with Crippen LogP contribution in [0.3, 0.4) is 0 Å². The molecule has 23 heavy (non-hydrogen) atoms. The maximum atomic E-state index is 12.6. The first kappa shape index (κ1) is 17.2. The van der Waals surface area contributed by atoms with Crippen LogP contribution in [-0.2, 0) is 9.59 Å². The Bertz CT molecular complexity index is 567. The molecule has 0 spiro atoms. The highest BCUT2D eigenvalue weighted by Gasteiger charge is 2.38. The number of likely N-dealkylation sites (tertiary alicyclic amines) is 1. The number of hydrogen-bond acceptors (Lipinski definition) is 3. The van der Waals surface area contributed by atoms with Gasteiger partial charge in [0.05, 0.1) is 0 Å². The number of rotatable bonds is 5. The van der Waals surface area contributed by atoms with Gasteiger partial charge in [-0.05, 0) is 31.9 Å². The Morgan fingerprint density at radius 1 is 1.26 bits per heavy atom. The molecule has 0 saturated carbocycles. The first-order valence-electron chi connectivity index (χ1n) is 8.14. The molecule has 2 amide bonds. The largest absolute Gasteiger partial charge is 0.341 e. The number of hydrogen-bond donors (Lipinski definition) is 1. The van der Waals surface area contributed by atoms with Gasteiger partial charge in [0.2, 0.25) is 11.8 Å². The van der Waals surface area contributed by atoms with Crippen molar-refractivity contribution >= 4 is 17.9 Å². The lowest BCUT2D eigenvalue weighted by atomic mass is 10.1. The molecule has 1 aliphatic rings. The van der Waals surface area contributed by atoms with E-state index in [1.54, 1.807) is 15.9 Å². The van der Waals surface area contributed by atoms with Gasteiger partial charge < -0.3 is 15.5 Å². The van der Waals surface area contributed by atoms with Crippen molar-refractivity contribution in [1.29, 1.82) is 0 Å². The van der Waals surface area contributed by atoms with E-state index in [2.05, 4.69) is 0 Å². The smallest absolute Gasteiger partial charge is 0.247 e. The molecule has 1 heterocycles. The first-order valence-corrected chi connectivity index (χ1v) is 8.14. The van der Waals surface area contributed by atoms with Crippen LogP contribution < -0.4 is 5.73 Å². The summed E-state index contributed by atoms with van der Waals surface area (Å²) in [4.78, 5) is 28.4. The maximum Gasteiger partial charge on any atom is 0.247 e. The van der Waals surface area contributed by atoms with E-state index in [-0.39, 0.29) is 17.9 Å². The molecule has 5 nitrogen and oxygen atoms in total. The van der Waals surface area contributed by atoms with Crippen LogP contribution in [0.25, 0.3) is 6.08 Å². The van der Waals surface area contributed by atoms with Crippen molar-refractivity contribution in [2.24, 2.45) is 5.73 Å². The zero-order chi connectivity index (χ0) is 16.8. The Kier molecular flexibility index (Phi) is 5.93. The topological polar surface area (TPSA) is 66.6 Å². The molecule has 0 radical (unpaired) electrons. The molecule has 1 aromatic carbocycles. The molecule has 0 bridgehead atoms. The van der Waals surface area contributed by atoms with E-state index in [1.807, 2.05) is 44.2 Å². The Labute approximate surface area is 137 Å². The van der Waals surface area contributed by atoms with Crippen LogP contribution in [0.5, 0.6) is 0 Å². The summed E-state index contributed by atoms with van der Waals surface area (Å²) in [5.41, 5.74) is 6.95. The zero-order valence-corrected chi connectivity index (χ0v) is 13.8. The third-order valence-corrected chi connectivity index (χ3v) is 4.19. The van der Waals surface area contributed by atoms with Crippen LogP contribution in [-0.4, -0.2) is 53.3 Å². The number of benzene rings is 1. The van der Waals surface area contributed by atoms with Crippen molar-refractivity contribution in [3.8, 4) is 0 Å². The summed E-state index contributed by atoms with van der Waals surface area (Å²) in [5, 5.41) is 0. The van der Waals surface area contributed by atoms with Crippen molar-refractivity contribution in [3.63, 3.8) is 0 Å². The third-order valence-electron chi connectivity index (χ3n) is 4.19. The highest BCUT2D eigenvalue weighted by atomic mass is 16.2. The molecular formula is C18H25N3O2. The van der Waals surface area contributed by atoms with Crippen molar-refractivity contribution in [2.75, 3.05) is 19.6 Å². The number of nitrogens with two attached hydrogens (primary N) is 1. The molecule has 1 fully saturated rings. The quantitative estimate of drug-likeness (QED) is 0.837. The van der Waals surface area contributed by atoms with Gasteiger partial charge in [-0.25, -0.2) is 0 Å². The average Bonchev–Trinajstić information content (AvgIpc) is 2.96. The second kappa shape index (κ2) is 7.92. The predicted octanol–water partition coefficient (Wildman–Crippen LogP) is 1.50. The minimum atomic E-state index is -0.446. The lowest BCUT2D eigenvalue weighted by molar-refractivity contribution is -0.141. The van der Waals surface area contributed by atoms with Gasteiger partial charge >= 0.3 is 0 Å². The number of likely N-dealkylation sites (N-methyl/N-ethyl adjacent to an activating group) is 1. The summed E-state index contributed by atoms with van der Waals surface area (Å²) in [6.45, 7) is 5.59. The average molecular weight is 315 g/mol. The number of carbonyl (C=O) groups excluding carboxylic acids is 2. The molecule has 2 rings (SSSR count).